The summed E-state index contributed by atoms with van der Waals surface area (Å²) in [7, 11) is 2.16. The van der Waals surface area contributed by atoms with E-state index in [1.165, 1.54) is 24.0 Å². The van der Waals surface area contributed by atoms with Gasteiger partial charge in [0.1, 0.15) is 5.82 Å². The van der Waals surface area contributed by atoms with Crippen molar-refractivity contribution in [2.24, 2.45) is 5.41 Å². The molecule has 1 N–H and O–H groups in total. The Bertz CT molecular complexity index is 470. The SMILES string of the molecule is Cc1cc(C)c(CNC2CC2)c(N(C)CC(C)(C)C)n1. The van der Waals surface area contributed by atoms with E-state index in [-0.39, 0.29) is 5.41 Å². The zero-order valence-corrected chi connectivity index (χ0v) is 13.9. The normalized spacial score (nSPS) is 15.5. The fourth-order valence-corrected chi connectivity index (χ4v) is 2.70. The van der Waals surface area contributed by atoms with E-state index in [9.17, 15) is 0 Å². The molecule has 0 unspecified atom stereocenters. The van der Waals surface area contributed by atoms with E-state index < -0.39 is 0 Å². The molecule has 0 aromatic carbocycles. The van der Waals surface area contributed by atoms with Crippen molar-refractivity contribution in [1.82, 2.24) is 10.3 Å². The second kappa shape index (κ2) is 5.72. The highest BCUT2D eigenvalue weighted by Gasteiger charge is 2.23. The third-order valence-electron chi connectivity index (χ3n) is 3.67. The number of aromatic nitrogens is 1. The first-order valence-electron chi connectivity index (χ1n) is 7.68. The van der Waals surface area contributed by atoms with Crippen molar-refractivity contribution in [2.75, 3.05) is 18.5 Å². The molecule has 3 nitrogen and oxygen atoms in total. The standard InChI is InChI=1S/C17H29N3/c1-12-9-13(2)19-16(20(6)11-17(3,4)5)15(12)10-18-14-7-8-14/h9,14,18H,7-8,10-11H2,1-6H3. The molecule has 0 amide bonds. The molecular formula is C17H29N3. The maximum Gasteiger partial charge on any atom is 0.133 e. The molecule has 2 rings (SSSR count). The van der Waals surface area contributed by atoms with Gasteiger partial charge in [0.15, 0.2) is 0 Å². The first-order chi connectivity index (χ1) is 9.26. The molecular weight excluding hydrogens is 246 g/mol. The van der Waals surface area contributed by atoms with Gasteiger partial charge in [-0.1, -0.05) is 20.8 Å². The number of nitrogens with one attached hydrogen (secondary N) is 1. The monoisotopic (exact) mass is 275 g/mol. The van der Waals surface area contributed by atoms with Crippen LogP contribution in [-0.2, 0) is 6.54 Å². The van der Waals surface area contributed by atoms with Crippen LogP contribution in [0.3, 0.4) is 0 Å². The molecule has 20 heavy (non-hydrogen) atoms. The molecule has 1 aliphatic carbocycles. The summed E-state index contributed by atoms with van der Waals surface area (Å²) in [4.78, 5) is 7.11. The largest absolute Gasteiger partial charge is 0.359 e. The number of anilines is 1. The van der Waals surface area contributed by atoms with Crippen LogP contribution in [0.1, 0.15) is 50.4 Å². The van der Waals surface area contributed by atoms with E-state index in [4.69, 9.17) is 4.98 Å². The summed E-state index contributed by atoms with van der Waals surface area (Å²) in [6.45, 7) is 13.1. The minimum absolute atomic E-state index is 0.273. The molecule has 112 valence electrons. The Morgan fingerprint density at radius 1 is 1.30 bits per heavy atom. The number of aryl methyl sites for hydroxylation is 2. The third kappa shape index (κ3) is 4.20. The molecule has 0 aliphatic heterocycles. The van der Waals surface area contributed by atoms with Gasteiger partial charge in [-0.15, -0.1) is 0 Å². The lowest BCUT2D eigenvalue weighted by Gasteiger charge is -2.30. The highest BCUT2D eigenvalue weighted by atomic mass is 15.2. The van der Waals surface area contributed by atoms with E-state index >= 15 is 0 Å². The average molecular weight is 275 g/mol. The molecule has 1 aromatic heterocycles. The molecule has 1 aromatic rings. The quantitative estimate of drug-likeness (QED) is 0.892. The average Bonchev–Trinajstić information content (AvgIpc) is 3.08. The maximum absolute atomic E-state index is 4.80. The van der Waals surface area contributed by atoms with Crippen molar-refractivity contribution in [2.45, 2.75) is 60.0 Å². The van der Waals surface area contributed by atoms with E-state index in [1.807, 2.05) is 0 Å². The van der Waals surface area contributed by atoms with Gasteiger partial charge in [-0.25, -0.2) is 4.98 Å². The number of hydrogen-bond acceptors (Lipinski definition) is 3. The zero-order valence-electron chi connectivity index (χ0n) is 13.9. The molecule has 0 radical (unpaired) electrons. The van der Waals surface area contributed by atoms with Crippen LogP contribution in [-0.4, -0.2) is 24.6 Å². The van der Waals surface area contributed by atoms with Crippen molar-refractivity contribution in [3.05, 3.63) is 22.9 Å². The lowest BCUT2D eigenvalue weighted by molar-refractivity contribution is 0.417. The van der Waals surface area contributed by atoms with Crippen molar-refractivity contribution < 1.29 is 0 Å². The lowest BCUT2D eigenvalue weighted by Crippen LogP contribution is -2.31. The molecule has 1 aliphatic rings. The Morgan fingerprint density at radius 3 is 2.50 bits per heavy atom. The van der Waals surface area contributed by atoms with Gasteiger partial charge in [-0.05, 0) is 43.7 Å². The van der Waals surface area contributed by atoms with Gasteiger partial charge < -0.3 is 10.2 Å². The van der Waals surface area contributed by atoms with Crippen LogP contribution < -0.4 is 10.2 Å². The van der Waals surface area contributed by atoms with Gasteiger partial charge in [-0.2, -0.15) is 0 Å². The highest BCUT2D eigenvalue weighted by Crippen LogP contribution is 2.26. The van der Waals surface area contributed by atoms with E-state index in [2.05, 4.69) is 57.9 Å². The first kappa shape index (κ1) is 15.3. The van der Waals surface area contributed by atoms with Crippen LogP contribution in [0.4, 0.5) is 5.82 Å². The third-order valence-corrected chi connectivity index (χ3v) is 3.67. The second-order valence-corrected chi connectivity index (χ2v) is 7.45. The number of pyridine rings is 1. The van der Waals surface area contributed by atoms with Gasteiger partial charge >= 0.3 is 0 Å². The maximum atomic E-state index is 4.80. The van der Waals surface area contributed by atoms with Crippen molar-refractivity contribution >= 4 is 5.82 Å². The fourth-order valence-electron chi connectivity index (χ4n) is 2.70. The van der Waals surface area contributed by atoms with Crippen LogP contribution in [0, 0.1) is 19.3 Å². The summed E-state index contributed by atoms with van der Waals surface area (Å²) in [6, 6.07) is 2.93. The van der Waals surface area contributed by atoms with Gasteiger partial charge in [0.2, 0.25) is 0 Å². The molecule has 0 atom stereocenters. The van der Waals surface area contributed by atoms with Gasteiger partial charge in [0.05, 0.1) is 0 Å². The minimum atomic E-state index is 0.273. The van der Waals surface area contributed by atoms with Crippen molar-refractivity contribution in [1.29, 1.82) is 0 Å². The topological polar surface area (TPSA) is 28.2 Å². The predicted molar refractivity (Wildman–Crippen MR) is 86.3 cm³/mol. The number of rotatable bonds is 5. The van der Waals surface area contributed by atoms with Gasteiger partial charge in [-0.3, -0.25) is 0 Å². The van der Waals surface area contributed by atoms with Crippen LogP contribution in [0.5, 0.6) is 0 Å². The van der Waals surface area contributed by atoms with Crippen molar-refractivity contribution in [3.63, 3.8) is 0 Å². The van der Waals surface area contributed by atoms with Crippen LogP contribution in [0.2, 0.25) is 0 Å². The first-order valence-corrected chi connectivity index (χ1v) is 7.68. The van der Waals surface area contributed by atoms with E-state index in [0.29, 0.717) is 0 Å². The van der Waals surface area contributed by atoms with Crippen molar-refractivity contribution in [3.8, 4) is 0 Å². The zero-order chi connectivity index (χ0) is 14.9. The summed E-state index contributed by atoms with van der Waals surface area (Å²) in [5, 5.41) is 3.62. The van der Waals surface area contributed by atoms with Gasteiger partial charge in [0.25, 0.3) is 0 Å². The summed E-state index contributed by atoms with van der Waals surface area (Å²) >= 11 is 0. The molecule has 0 bridgehead atoms. The molecule has 1 fully saturated rings. The van der Waals surface area contributed by atoms with Crippen LogP contribution in [0.15, 0.2) is 6.07 Å². The predicted octanol–water partition coefficient (Wildman–Crippen LogP) is 3.43. The Kier molecular flexibility index (Phi) is 4.38. The Balaban J connectivity index is 2.23. The Morgan fingerprint density at radius 2 is 1.95 bits per heavy atom. The minimum Gasteiger partial charge on any atom is -0.359 e. The Hall–Kier alpha value is -1.09. The summed E-state index contributed by atoms with van der Waals surface area (Å²) in [5.41, 5.74) is 4.08. The lowest BCUT2D eigenvalue weighted by atomic mass is 9.96. The Labute approximate surface area is 123 Å². The summed E-state index contributed by atoms with van der Waals surface area (Å²) in [6.07, 6.45) is 2.65. The second-order valence-electron chi connectivity index (χ2n) is 7.45. The molecule has 0 saturated heterocycles. The van der Waals surface area contributed by atoms with Crippen LogP contribution >= 0.6 is 0 Å². The van der Waals surface area contributed by atoms with Crippen LogP contribution in [0.25, 0.3) is 0 Å². The van der Waals surface area contributed by atoms with E-state index in [1.54, 1.807) is 0 Å². The van der Waals surface area contributed by atoms with E-state index in [0.717, 1.165) is 30.6 Å². The smallest absolute Gasteiger partial charge is 0.133 e. The fraction of sp³-hybridized carbons (Fsp3) is 0.706. The van der Waals surface area contributed by atoms with Gasteiger partial charge in [0, 0.05) is 37.4 Å². The highest BCUT2D eigenvalue weighted by molar-refractivity contribution is 5.51. The molecule has 1 saturated carbocycles. The molecule has 3 heteroatoms. The summed E-state index contributed by atoms with van der Waals surface area (Å²) in [5.74, 6) is 1.14. The number of nitrogens with zero attached hydrogens (tertiary/aromatic N) is 2. The summed E-state index contributed by atoms with van der Waals surface area (Å²) < 4.78 is 0. The molecule has 1 heterocycles. The number of hydrogen-bond donors (Lipinski definition) is 1. The molecule has 0 spiro atoms.